The third-order valence-electron chi connectivity index (χ3n) is 2.74. The van der Waals surface area contributed by atoms with Gasteiger partial charge in [-0.3, -0.25) is 4.68 Å². The summed E-state index contributed by atoms with van der Waals surface area (Å²) in [6, 6.07) is 5.27. The van der Waals surface area contributed by atoms with Gasteiger partial charge in [0.2, 0.25) is 10.0 Å². The number of carboxylic acids is 1. The third-order valence-corrected chi connectivity index (χ3v) is 4.20. The molecule has 2 rings (SSSR count). The standard InChI is InChI=1S/C12H14N4O4S/c1-16-5-4-9(15-16)7-14-21(19,20)11-3-2-8(13)6-10(11)12(17)18/h2-6,14H,7,13H2,1H3,(H,17,18). The summed E-state index contributed by atoms with van der Waals surface area (Å²) in [7, 11) is -2.27. The van der Waals surface area contributed by atoms with Crippen molar-refractivity contribution >= 4 is 21.7 Å². The third kappa shape index (κ3) is 3.38. The van der Waals surface area contributed by atoms with Crippen LogP contribution in [0.4, 0.5) is 5.69 Å². The summed E-state index contributed by atoms with van der Waals surface area (Å²) in [5, 5.41) is 13.1. The average Bonchev–Trinajstić information content (AvgIpc) is 2.82. The highest BCUT2D eigenvalue weighted by Crippen LogP contribution is 2.19. The Hall–Kier alpha value is -2.39. The smallest absolute Gasteiger partial charge is 0.337 e. The molecule has 0 spiro atoms. The Balaban J connectivity index is 2.29. The normalized spacial score (nSPS) is 11.5. The number of rotatable bonds is 5. The molecule has 0 fully saturated rings. The van der Waals surface area contributed by atoms with E-state index in [4.69, 9.17) is 10.8 Å². The number of aromatic carboxylic acids is 1. The molecule has 21 heavy (non-hydrogen) atoms. The van der Waals surface area contributed by atoms with Crippen molar-refractivity contribution in [2.45, 2.75) is 11.4 Å². The van der Waals surface area contributed by atoms with Crippen molar-refractivity contribution in [3.8, 4) is 0 Å². The van der Waals surface area contributed by atoms with E-state index in [1.54, 1.807) is 19.3 Å². The van der Waals surface area contributed by atoms with Crippen molar-refractivity contribution in [2.75, 3.05) is 5.73 Å². The van der Waals surface area contributed by atoms with Gasteiger partial charge in [0.1, 0.15) is 0 Å². The van der Waals surface area contributed by atoms with Gasteiger partial charge in [-0.15, -0.1) is 0 Å². The van der Waals surface area contributed by atoms with Crippen molar-refractivity contribution in [1.82, 2.24) is 14.5 Å². The van der Waals surface area contributed by atoms with E-state index in [2.05, 4.69) is 9.82 Å². The highest BCUT2D eigenvalue weighted by molar-refractivity contribution is 7.89. The van der Waals surface area contributed by atoms with Crippen LogP contribution in [0.5, 0.6) is 0 Å². The van der Waals surface area contributed by atoms with Crippen LogP contribution in [0.2, 0.25) is 0 Å². The number of nitrogens with two attached hydrogens (primary N) is 1. The second-order valence-electron chi connectivity index (χ2n) is 4.37. The highest BCUT2D eigenvalue weighted by atomic mass is 32.2. The zero-order valence-electron chi connectivity index (χ0n) is 11.1. The molecular formula is C12H14N4O4S. The fourth-order valence-corrected chi connectivity index (χ4v) is 2.93. The molecule has 0 atom stereocenters. The lowest BCUT2D eigenvalue weighted by Crippen LogP contribution is -2.25. The van der Waals surface area contributed by atoms with Crippen molar-refractivity contribution in [1.29, 1.82) is 0 Å². The van der Waals surface area contributed by atoms with Crippen LogP contribution in [0.1, 0.15) is 16.1 Å². The number of anilines is 1. The number of sulfonamides is 1. The van der Waals surface area contributed by atoms with Crippen molar-refractivity contribution in [3.05, 3.63) is 41.7 Å². The quantitative estimate of drug-likeness (QED) is 0.676. The first kappa shape index (κ1) is 15.0. The van der Waals surface area contributed by atoms with E-state index in [1.165, 1.54) is 16.8 Å². The number of hydrogen-bond donors (Lipinski definition) is 3. The minimum absolute atomic E-state index is 0.0351. The molecule has 1 heterocycles. The van der Waals surface area contributed by atoms with Crippen LogP contribution in [0.25, 0.3) is 0 Å². The maximum absolute atomic E-state index is 12.2. The zero-order valence-corrected chi connectivity index (χ0v) is 12.0. The lowest BCUT2D eigenvalue weighted by atomic mass is 10.2. The predicted octanol–water partition coefficient (Wildman–Crippen LogP) is 0.179. The number of nitrogens with zero attached hydrogens (tertiary/aromatic N) is 2. The van der Waals surface area contributed by atoms with E-state index in [1.807, 2.05) is 0 Å². The molecule has 112 valence electrons. The van der Waals surface area contributed by atoms with Crippen molar-refractivity contribution in [3.63, 3.8) is 0 Å². The van der Waals surface area contributed by atoms with Crippen LogP contribution < -0.4 is 10.5 Å². The van der Waals surface area contributed by atoms with Crippen LogP contribution in [0.15, 0.2) is 35.4 Å². The Bertz CT molecular complexity index is 782. The molecule has 0 aliphatic rings. The molecule has 0 amide bonds. The van der Waals surface area contributed by atoms with Gasteiger partial charge in [-0.1, -0.05) is 0 Å². The number of nitrogens with one attached hydrogen (secondary N) is 1. The summed E-state index contributed by atoms with van der Waals surface area (Å²) >= 11 is 0. The summed E-state index contributed by atoms with van der Waals surface area (Å²) in [5.74, 6) is -1.36. The zero-order chi connectivity index (χ0) is 15.6. The summed E-state index contributed by atoms with van der Waals surface area (Å²) in [6.45, 7) is -0.0351. The highest BCUT2D eigenvalue weighted by Gasteiger charge is 2.22. The minimum Gasteiger partial charge on any atom is -0.478 e. The molecule has 0 saturated carbocycles. The minimum atomic E-state index is -3.98. The van der Waals surface area contributed by atoms with Gasteiger partial charge in [0.15, 0.2) is 0 Å². The molecule has 8 nitrogen and oxygen atoms in total. The SMILES string of the molecule is Cn1ccc(CNS(=O)(=O)c2ccc(N)cc2C(=O)O)n1. The molecule has 0 radical (unpaired) electrons. The van der Waals surface area contributed by atoms with Crippen LogP contribution >= 0.6 is 0 Å². The predicted molar refractivity (Wildman–Crippen MR) is 75.0 cm³/mol. The largest absolute Gasteiger partial charge is 0.478 e. The first-order chi connectivity index (χ1) is 9.79. The lowest BCUT2D eigenvalue weighted by Gasteiger charge is -2.09. The number of hydrogen-bond acceptors (Lipinski definition) is 5. The van der Waals surface area contributed by atoms with E-state index in [0.29, 0.717) is 5.69 Å². The molecule has 2 aromatic rings. The van der Waals surface area contributed by atoms with Gasteiger partial charge < -0.3 is 10.8 Å². The number of carbonyl (C=O) groups is 1. The van der Waals surface area contributed by atoms with E-state index in [0.717, 1.165) is 6.07 Å². The van der Waals surface area contributed by atoms with E-state index in [-0.39, 0.29) is 22.7 Å². The molecule has 1 aromatic heterocycles. The molecular weight excluding hydrogens is 296 g/mol. The fourth-order valence-electron chi connectivity index (χ4n) is 1.75. The first-order valence-corrected chi connectivity index (χ1v) is 7.39. The first-order valence-electron chi connectivity index (χ1n) is 5.90. The van der Waals surface area contributed by atoms with E-state index >= 15 is 0 Å². The second kappa shape index (κ2) is 5.54. The molecule has 4 N–H and O–H groups in total. The molecule has 0 saturated heterocycles. The van der Waals surface area contributed by atoms with Gasteiger partial charge in [-0.05, 0) is 24.3 Å². The Labute approximate surface area is 121 Å². The lowest BCUT2D eigenvalue weighted by molar-refractivity contribution is 0.0692. The molecule has 0 aliphatic heterocycles. The summed E-state index contributed by atoms with van der Waals surface area (Å²) in [6.07, 6.45) is 1.68. The topological polar surface area (TPSA) is 127 Å². The number of aromatic nitrogens is 2. The summed E-state index contributed by atoms with van der Waals surface area (Å²) < 4.78 is 28.2. The Morgan fingerprint density at radius 1 is 1.43 bits per heavy atom. The Morgan fingerprint density at radius 2 is 2.14 bits per heavy atom. The molecule has 0 aliphatic carbocycles. The Morgan fingerprint density at radius 3 is 2.71 bits per heavy atom. The second-order valence-corrected chi connectivity index (χ2v) is 6.10. The molecule has 1 aromatic carbocycles. The molecule has 0 unspecified atom stereocenters. The number of nitrogen functional groups attached to an aromatic ring is 1. The van der Waals surface area contributed by atoms with Gasteiger partial charge in [0, 0.05) is 18.9 Å². The monoisotopic (exact) mass is 310 g/mol. The van der Waals surface area contributed by atoms with Crippen LogP contribution in [0, 0.1) is 0 Å². The van der Waals surface area contributed by atoms with Gasteiger partial charge in [0.05, 0.1) is 22.7 Å². The number of benzene rings is 1. The van der Waals surface area contributed by atoms with Crippen molar-refractivity contribution < 1.29 is 18.3 Å². The van der Waals surface area contributed by atoms with Crippen LogP contribution in [-0.4, -0.2) is 29.3 Å². The van der Waals surface area contributed by atoms with E-state index in [9.17, 15) is 13.2 Å². The van der Waals surface area contributed by atoms with Crippen LogP contribution in [-0.2, 0) is 23.6 Å². The average molecular weight is 310 g/mol. The van der Waals surface area contributed by atoms with Gasteiger partial charge >= 0.3 is 5.97 Å². The summed E-state index contributed by atoms with van der Waals surface area (Å²) in [4.78, 5) is 10.8. The van der Waals surface area contributed by atoms with Gasteiger partial charge in [0.25, 0.3) is 0 Å². The van der Waals surface area contributed by atoms with Gasteiger partial charge in [-0.25, -0.2) is 17.9 Å². The van der Waals surface area contributed by atoms with Gasteiger partial charge in [-0.2, -0.15) is 5.10 Å². The molecule has 9 heteroatoms. The van der Waals surface area contributed by atoms with Crippen LogP contribution in [0.3, 0.4) is 0 Å². The fraction of sp³-hybridized carbons (Fsp3) is 0.167. The Kier molecular flexibility index (Phi) is 3.96. The number of carboxylic acid groups (broad SMARTS) is 1. The number of aryl methyl sites for hydroxylation is 1. The summed E-state index contributed by atoms with van der Waals surface area (Å²) in [5.41, 5.74) is 5.81. The molecule has 0 bridgehead atoms. The van der Waals surface area contributed by atoms with E-state index < -0.39 is 16.0 Å². The maximum atomic E-state index is 12.2. The maximum Gasteiger partial charge on any atom is 0.337 e. The van der Waals surface area contributed by atoms with Crippen molar-refractivity contribution in [2.24, 2.45) is 7.05 Å².